The molecule has 0 radical (unpaired) electrons. The maximum absolute atomic E-state index is 12.2. The number of carbonyl (C=O) groups excluding carboxylic acids is 2. The summed E-state index contributed by atoms with van der Waals surface area (Å²) < 4.78 is 4.70. The molecule has 2 amide bonds. The molecule has 0 aliphatic rings. The number of methoxy groups -OCH3 is 1. The summed E-state index contributed by atoms with van der Waals surface area (Å²) in [4.78, 5) is 27.8. The Hall–Kier alpha value is -2.60. The second-order valence-electron chi connectivity index (χ2n) is 5.37. The van der Waals surface area contributed by atoms with Crippen LogP contribution in [0, 0.1) is 0 Å². The lowest BCUT2D eigenvalue weighted by Crippen LogP contribution is -2.39. The maximum Gasteiger partial charge on any atom is 0.315 e. The molecule has 132 valence electrons. The molecule has 0 aliphatic heterocycles. The molecule has 25 heavy (non-hydrogen) atoms. The molecule has 2 rings (SSSR count). The number of nitrogens with zero attached hydrogens (tertiary/aromatic N) is 1. The van der Waals surface area contributed by atoms with Crippen molar-refractivity contribution in [3.8, 4) is 0 Å². The second kappa shape index (κ2) is 9.64. The predicted octanol–water partition coefficient (Wildman–Crippen LogP) is 2.88. The van der Waals surface area contributed by atoms with Crippen LogP contribution in [0.3, 0.4) is 0 Å². The Morgan fingerprint density at radius 2 is 2.04 bits per heavy atom. The third-order valence-electron chi connectivity index (χ3n) is 3.61. The predicted molar refractivity (Wildman–Crippen MR) is 95.3 cm³/mol. The molecule has 1 aromatic heterocycles. The number of benzene rings is 1. The first-order chi connectivity index (χ1) is 12.1. The van der Waals surface area contributed by atoms with Crippen LogP contribution in [-0.2, 0) is 16.0 Å². The van der Waals surface area contributed by atoms with Crippen molar-refractivity contribution in [2.45, 2.75) is 18.9 Å². The first kappa shape index (κ1) is 18.7. The standard InChI is InChI=1S/C18H20ClN3O3/c1-25-17(23)11-16(14-6-2-3-7-15(14)19)22-18(24)21-10-8-13-5-4-9-20-12-13/h2-7,9,12,16H,8,10-11H2,1H3,(H2,21,22,24). The van der Waals surface area contributed by atoms with Gasteiger partial charge in [0.05, 0.1) is 19.6 Å². The molecule has 1 heterocycles. The number of esters is 1. The number of carbonyl (C=O) groups is 2. The molecule has 0 fully saturated rings. The van der Waals surface area contributed by atoms with E-state index in [1.54, 1.807) is 36.7 Å². The molecule has 1 unspecified atom stereocenters. The Bertz CT molecular complexity index is 710. The Morgan fingerprint density at radius 1 is 1.24 bits per heavy atom. The summed E-state index contributed by atoms with van der Waals surface area (Å²) in [6.45, 7) is 0.449. The van der Waals surface area contributed by atoms with Crippen LogP contribution in [0.25, 0.3) is 0 Å². The minimum absolute atomic E-state index is 0.00371. The number of hydrogen-bond acceptors (Lipinski definition) is 4. The van der Waals surface area contributed by atoms with Gasteiger partial charge in [-0.15, -0.1) is 0 Å². The molecule has 0 spiro atoms. The summed E-state index contributed by atoms with van der Waals surface area (Å²) in [5.41, 5.74) is 1.69. The lowest BCUT2D eigenvalue weighted by atomic mass is 10.0. The van der Waals surface area contributed by atoms with Crippen LogP contribution >= 0.6 is 11.6 Å². The van der Waals surface area contributed by atoms with E-state index in [-0.39, 0.29) is 12.5 Å². The van der Waals surface area contributed by atoms with E-state index in [1.165, 1.54) is 7.11 Å². The van der Waals surface area contributed by atoms with Gasteiger partial charge in [-0.05, 0) is 29.7 Å². The van der Waals surface area contributed by atoms with Crippen molar-refractivity contribution in [2.24, 2.45) is 0 Å². The summed E-state index contributed by atoms with van der Waals surface area (Å²) in [6.07, 6.45) is 4.11. The topological polar surface area (TPSA) is 80.3 Å². The first-order valence-corrected chi connectivity index (χ1v) is 8.22. The van der Waals surface area contributed by atoms with Crippen molar-refractivity contribution < 1.29 is 14.3 Å². The van der Waals surface area contributed by atoms with Gasteiger partial charge in [0.25, 0.3) is 0 Å². The zero-order valence-corrected chi connectivity index (χ0v) is 14.6. The highest BCUT2D eigenvalue weighted by Crippen LogP contribution is 2.25. The molecule has 2 N–H and O–H groups in total. The second-order valence-corrected chi connectivity index (χ2v) is 5.77. The van der Waals surface area contributed by atoms with Gasteiger partial charge in [0.2, 0.25) is 0 Å². The minimum Gasteiger partial charge on any atom is -0.469 e. The zero-order valence-electron chi connectivity index (χ0n) is 13.9. The maximum atomic E-state index is 12.2. The number of amides is 2. The molecule has 7 heteroatoms. The van der Waals surface area contributed by atoms with E-state index in [0.29, 0.717) is 23.6 Å². The van der Waals surface area contributed by atoms with Crippen molar-refractivity contribution in [2.75, 3.05) is 13.7 Å². The number of aromatic nitrogens is 1. The van der Waals surface area contributed by atoms with Crippen molar-refractivity contribution in [3.63, 3.8) is 0 Å². The molecule has 0 aliphatic carbocycles. The molecule has 1 aromatic carbocycles. The fourth-order valence-electron chi connectivity index (χ4n) is 2.32. The number of halogens is 1. The van der Waals surface area contributed by atoms with Crippen molar-refractivity contribution >= 4 is 23.6 Å². The van der Waals surface area contributed by atoms with Gasteiger partial charge < -0.3 is 15.4 Å². The van der Waals surface area contributed by atoms with Crippen LogP contribution in [0.2, 0.25) is 5.02 Å². The number of pyridine rings is 1. The van der Waals surface area contributed by atoms with E-state index in [1.807, 2.05) is 12.1 Å². The van der Waals surface area contributed by atoms with Crippen LogP contribution in [0.4, 0.5) is 4.79 Å². The summed E-state index contributed by atoms with van der Waals surface area (Å²) in [6, 6.07) is 9.91. The molecule has 0 bridgehead atoms. The van der Waals surface area contributed by atoms with Gasteiger partial charge >= 0.3 is 12.0 Å². The number of ether oxygens (including phenoxy) is 1. The molecule has 1 atom stereocenters. The van der Waals surface area contributed by atoms with E-state index in [0.717, 1.165) is 5.56 Å². The highest BCUT2D eigenvalue weighted by molar-refractivity contribution is 6.31. The largest absolute Gasteiger partial charge is 0.469 e. The third-order valence-corrected chi connectivity index (χ3v) is 3.95. The summed E-state index contributed by atoms with van der Waals surface area (Å²) in [5, 5.41) is 6.02. The Labute approximate surface area is 151 Å². The molecule has 2 aromatic rings. The van der Waals surface area contributed by atoms with Gasteiger partial charge in [-0.25, -0.2) is 4.79 Å². The van der Waals surface area contributed by atoms with Crippen LogP contribution < -0.4 is 10.6 Å². The van der Waals surface area contributed by atoms with Gasteiger partial charge in [0, 0.05) is 24.0 Å². The Kier molecular flexibility index (Phi) is 7.22. The van der Waals surface area contributed by atoms with Crippen molar-refractivity contribution in [3.05, 3.63) is 64.9 Å². The minimum atomic E-state index is -0.570. The third kappa shape index (κ3) is 6.08. The Morgan fingerprint density at radius 3 is 2.72 bits per heavy atom. The van der Waals surface area contributed by atoms with Crippen LogP contribution in [0.1, 0.15) is 23.6 Å². The van der Waals surface area contributed by atoms with Crippen molar-refractivity contribution in [1.82, 2.24) is 15.6 Å². The number of rotatable bonds is 7. The summed E-state index contributed by atoms with van der Waals surface area (Å²) in [5.74, 6) is -0.430. The van der Waals surface area contributed by atoms with Crippen LogP contribution in [0.5, 0.6) is 0 Å². The molecule has 0 saturated heterocycles. The lowest BCUT2D eigenvalue weighted by molar-refractivity contribution is -0.141. The zero-order chi connectivity index (χ0) is 18.1. The fourth-order valence-corrected chi connectivity index (χ4v) is 2.59. The molecule has 0 saturated carbocycles. The van der Waals surface area contributed by atoms with Gasteiger partial charge in [0.15, 0.2) is 0 Å². The molecule has 6 nitrogen and oxygen atoms in total. The van der Waals surface area contributed by atoms with Crippen LogP contribution in [0.15, 0.2) is 48.8 Å². The SMILES string of the molecule is COC(=O)CC(NC(=O)NCCc1cccnc1)c1ccccc1Cl. The van der Waals surface area contributed by atoms with Gasteiger partial charge in [-0.3, -0.25) is 9.78 Å². The Balaban J connectivity index is 1.94. The monoisotopic (exact) mass is 361 g/mol. The van der Waals surface area contributed by atoms with E-state index in [2.05, 4.69) is 15.6 Å². The van der Waals surface area contributed by atoms with Gasteiger partial charge in [-0.2, -0.15) is 0 Å². The number of nitrogens with one attached hydrogen (secondary N) is 2. The van der Waals surface area contributed by atoms with E-state index >= 15 is 0 Å². The van der Waals surface area contributed by atoms with E-state index in [4.69, 9.17) is 16.3 Å². The van der Waals surface area contributed by atoms with Crippen LogP contribution in [-0.4, -0.2) is 30.6 Å². The number of urea groups is 1. The van der Waals surface area contributed by atoms with E-state index in [9.17, 15) is 9.59 Å². The highest BCUT2D eigenvalue weighted by Gasteiger charge is 2.20. The number of hydrogen-bond donors (Lipinski definition) is 2. The summed E-state index contributed by atoms with van der Waals surface area (Å²) >= 11 is 6.18. The van der Waals surface area contributed by atoms with Gasteiger partial charge in [0.1, 0.15) is 0 Å². The normalized spacial score (nSPS) is 11.4. The highest BCUT2D eigenvalue weighted by atomic mass is 35.5. The van der Waals surface area contributed by atoms with Gasteiger partial charge in [-0.1, -0.05) is 35.9 Å². The quantitative estimate of drug-likeness (QED) is 0.743. The fraction of sp³-hybridized carbons (Fsp3) is 0.278. The average Bonchev–Trinajstić information content (AvgIpc) is 2.62. The van der Waals surface area contributed by atoms with Crippen molar-refractivity contribution in [1.29, 1.82) is 0 Å². The van der Waals surface area contributed by atoms with E-state index < -0.39 is 12.0 Å². The first-order valence-electron chi connectivity index (χ1n) is 7.84. The lowest BCUT2D eigenvalue weighted by Gasteiger charge is -2.19. The summed E-state index contributed by atoms with van der Waals surface area (Å²) in [7, 11) is 1.31. The smallest absolute Gasteiger partial charge is 0.315 e. The average molecular weight is 362 g/mol. The molecular formula is C18H20ClN3O3. The molecular weight excluding hydrogens is 342 g/mol.